The highest BCUT2D eigenvalue weighted by molar-refractivity contribution is 7.94. The molecule has 0 amide bonds. The second-order valence-electron chi connectivity index (χ2n) is 7.66. The fourth-order valence-electron chi connectivity index (χ4n) is 4.41. The number of anilines is 2. The van der Waals surface area contributed by atoms with Crippen molar-refractivity contribution in [2.24, 2.45) is 0 Å². The molecule has 1 aromatic carbocycles. The zero-order chi connectivity index (χ0) is 20.5. The molecular formula is C19H24ClFN4O2S2. The summed E-state index contributed by atoms with van der Waals surface area (Å²) in [4.78, 5) is 5.97. The Kier molecular flexibility index (Phi) is 6.02. The second kappa shape index (κ2) is 8.37. The molecule has 0 spiro atoms. The van der Waals surface area contributed by atoms with Gasteiger partial charge in [0.05, 0.1) is 0 Å². The topological polar surface area (TPSA) is 65.5 Å². The monoisotopic (exact) mass is 458 g/mol. The van der Waals surface area contributed by atoms with Crippen LogP contribution < -0.4 is 9.14 Å². The zero-order valence-corrected chi connectivity index (χ0v) is 18.4. The minimum absolute atomic E-state index is 0.0713. The molecule has 2 aliphatic heterocycles. The highest BCUT2D eigenvalue weighted by Crippen LogP contribution is 2.37. The number of sulfonamides is 1. The standard InChI is InChI=1S/C19H24ClFN4O2S2/c20-25(18-22-9-12-28-18)29(26,27)17-6-5-15(13-16(17)21)23-14-19-7-1-3-10-24(19)11-4-2-8-19/h5-6,9,12-13,23H,1-4,7-8,10-11,14H2. The van der Waals surface area contributed by atoms with Gasteiger partial charge in [-0.3, -0.25) is 4.90 Å². The lowest BCUT2D eigenvalue weighted by Gasteiger charge is -2.50. The van der Waals surface area contributed by atoms with Crippen LogP contribution in [0.4, 0.5) is 15.2 Å². The van der Waals surface area contributed by atoms with Gasteiger partial charge in [-0.15, -0.1) is 15.2 Å². The van der Waals surface area contributed by atoms with E-state index in [4.69, 9.17) is 11.8 Å². The summed E-state index contributed by atoms with van der Waals surface area (Å²) in [6, 6.07) is 4.08. The van der Waals surface area contributed by atoms with Gasteiger partial charge >= 0.3 is 0 Å². The average molecular weight is 459 g/mol. The molecular weight excluding hydrogens is 435 g/mol. The van der Waals surface area contributed by atoms with Crippen molar-refractivity contribution < 1.29 is 12.8 Å². The van der Waals surface area contributed by atoms with Gasteiger partial charge in [-0.25, -0.2) is 9.37 Å². The number of halogens is 2. The molecule has 10 heteroatoms. The van der Waals surface area contributed by atoms with E-state index in [1.807, 2.05) is 0 Å². The predicted octanol–water partition coefficient (Wildman–Crippen LogP) is 4.45. The maximum absolute atomic E-state index is 14.7. The Morgan fingerprint density at radius 3 is 2.59 bits per heavy atom. The molecule has 29 heavy (non-hydrogen) atoms. The minimum Gasteiger partial charge on any atom is -0.383 e. The molecule has 0 bridgehead atoms. The number of nitrogens with zero attached hydrogens (tertiary/aromatic N) is 3. The Morgan fingerprint density at radius 1 is 1.24 bits per heavy atom. The molecule has 0 radical (unpaired) electrons. The Balaban J connectivity index is 1.50. The summed E-state index contributed by atoms with van der Waals surface area (Å²) in [6.07, 6.45) is 8.62. The Labute approximate surface area is 179 Å². The van der Waals surface area contributed by atoms with Gasteiger partial charge < -0.3 is 5.32 Å². The average Bonchev–Trinajstić information content (AvgIpc) is 3.26. The number of hydrogen-bond acceptors (Lipinski definition) is 6. The summed E-state index contributed by atoms with van der Waals surface area (Å²) in [5.74, 6) is -0.834. The largest absolute Gasteiger partial charge is 0.383 e. The van der Waals surface area contributed by atoms with E-state index in [-0.39, 0.29) is 10.7 Å². The molecule has 0 saturated carbocycles. The molecule has 2 aromatic rings. The van der Waals surface area contributed by atoms with Crippen molar-refractivity contribution in [3.8, 4) is 0 Å². The third-order valence-corrected chi connectivity index (χ3v) is 9.08. The molecule has 4 rings (SSSR count). The normalized spacial score (nSPS) is 19.5. The Hall–Kier alpha value is -1.42. The number of hydrogen-bond donors (Lipinski definition) is 1. The van der Waals surface area contributed by atoms with Gasteiger partial charge in [-0.05, 0) is 57.0 Å². The van der Waals surface area contributed by atoms with E-state index in [0.29, 0.717) is 9.51 Å². The smallest absolute Gasteiger partial charge is 0.283 e. The van der Waals surface area contributed by atoms with Crippen molar-refractivity contribution in [1.82, 2.24) is 9.88 Å². The number of rotatable bonds is 6. The predicted molar refractivity (Wildman–Crippen MR) is 115 cm³/mol. The third-order valence-electron chi connectivity index (χ3n) is 5.92. The van der Waals surface area contributed by atoms with E-state index in [0.717, 1.165) is 43.8 Å². The van der Waals surface area contributed by atoms with Gasteiger partial charge in [-0.2, -0.15) is 8.42 Å². The summed E-state index contributed by atoms with van der Waals surface area (Å²) in [7, 11) is -4.23. The third kappa shape index (κ3) is 4.10. The lowest BCUT2D eigenvalue weighted by atomic mass is 9.79. The van der Waals surface area contributed by atoms with Crippen LogP contribution in [-0.2, 0) is 10.0 Å². The maximum atomic E-state index is 14.7. The molecule has 3 heterocycles. The van der Waals surface area contributed by atoms with Gasteiger partial charge in [0.15, 0.2) is 0 Å². The Bertz CT molecular complexity index is 943. The quantitative estimate of drug-likeness (QED) is 0.648. The van der Waals surface area contributed by atoms with Crippen LogP contribution in [0.2, 0.25) is 0 Å². The summed E-state index contributed by atoms with van der Waals surface area (Å²) >= 11 is 6.99. The van der Waals surface area contributed by atoms with Gasteiger partial charge in [0.25, 0.3) is 10.0 Å². The van der Waals surface area contributed by atoms with Crippen molar-refractivity contribution in [2.45, 2.75) is 49.0 Å². The highest BCUT2D eigenvalue weighted by Gasteiger charge is 2.40. The molecule has 2 saturated heterocycles. The van der Waals surface area contributed by atoms with Crippen LogP contribution in [0.3, 0.4) is 0 Å². The van der Waals surface area contributed by atoms with Crippen LogP contribution >= 0.6 is 23.1 Å². The molecule has 0 unspecified atom stereocenters. The minimum atomic E-state index is -4.23. The lowest BCUT2D eigenvalue weighted by molar-refractivity contribution is 0.0219. The molecule has 1 aromatic heterocycles. The van der Waals surface area contributed by atoms with Gasteiger partial charge in [0.2, 0.25) is 5.13 Å². The highest BCUT2D eigenvalue weighted by atomic mass is 35.5. The van der Waals surface area contributed by atoms with Gasteiger partial charge in [0, 0.05) is 41.1 Å². The van der Waals surface area contributed by atoms with E-state index < -0.39 is 20.7 Å². The number of nitrogens with one attached hydrogen (secondary N) is 1. The molecule has 2 fully saturated rings. The van der Waals surface area contributed by atoms with Crippen molar-refractivity contribution in [2.75, 3.05) is 28.8 Å². The maximum Gasteiger partial charge on any atom is 0.283 e. The van der Waals surface area contributed by atoms with Crippen molar-refractivity contribution in [3.05, 3.63) is 35.6 Å². The van der Waals surface area contributed by atoms with Crippen LogP contribution in [0.1, 0.15) is 38.5 Å². The SMILES string of the molecule is O=S(=O)(c1ccc(NCC23CCCCN2CCCC3)cc1F)N(Cl)c1nccs1. The van der Waals surface area contributed by atoms with Crippen molar-refractivity contribution >= 4 is 44.0 Å². The summed E-state index contributed by atoms with van der Waals surface area (Å²) in [6.45, 7) is 2.98. The summed E-state index contributed by atoms with van der Waals surface area (Å²) < 4.78 is 40.5. The van der Waals surface area contributed by atoms with E-state index >= 15 is 0 Å². The first-order valence-electron chi connectivity index (χ1n) is 9.81. The van der Waals surface area contributed by atoms with Crippen LogP contribution in [0, 0.1) is 5.82 Å². The van der Waals surface area contributed by atoms with Crippen molar-refractivity contribution in [3.63, 3.8) is 0 Å². The summed E-state index contributed by atoms with van der Waals surface area (Å²) in [5.41, 5.74) is 0.692. The van der Waals surface area contributed by atoms with E-state index in [1.54, 1.807) is 11.4 Å². The Morgan fingerprint density at radius 2 is 1.97 bits per heavy atom. The van der Waals surface area contributed by atoms with Crippen LogP contribution in [0.15, 0.2) is 34.7 Å². The number of benzene rings is 1. The first-order valence-corrected chi connectivity index (χ1v) is 12.5. The van der Waals surface area contributed by atoms with Crippen LogP contribution in [-0.4, -0.2) is 43.5 Å². The zero-order valence-electron chi connectivity index (χ0n) is 16.0. The first kappa shape index (κ1) is 20.8. The number of thiazole rings is 1. The van der Waals surface area contributed by atoms with E-state index in [2.05, 4.69) is 15.2 Å². The molecule has 6 nitrogen and oxygen atoms in total. The van der Waals surface area contributed by atoms with E-state index in [9.17, 15) is 12.8 Å². The van der Waals surface area contributed by atoms with Gasteiger partial charge in [-0.1, -0.05) is 12.8 Å². The van der Waals surface area contributed by atoms with Crippen molar-refractivity contribution in [1.29, 1.82) is 0 Å². The van der Waals surface area contributed by atoms with Crippen LogP contribution in [0.5, 0.6) is 0 Å². The molecule has 2 aliphatic rings. The van der Waals surface area contributed by atoms with Gasteiger partial charge in [0.1, 0.15) is 10.7 Å². The van der Waals surface area contributed by atoms with Crippen LogP contribution in [0.25, 0.3) is 0 Å². The number of aromatic nitrogens is 1. The fraction of sp³-hybridized carbons (Fsp3) is 0.526. The number of piperidine rings is 2. The fourth-order valence-corrected chi connectivity index (χ4v) is 6.64. The molecule has 1 N–H and O–H groups in total. The number of fused-ring (bicyclic) bond motifs is 1. The molecule has 158 valence electrons. The first-order chi connectivity index (χ1) is 13.9. The van der Waals surface area contributed by atoms with E-state index in [1.165, 1.54) is 44.0 Å². The molecule has 0 aliphatic carbocycles. The lowest BCUT2D eigenvalue weighted by Crippen LogP contribution is -2.58. The molecule has 0 atom stereocenters. The second-order valence-corrected chi connectivity index (χ2v) is 10.8. The summed E-state index contributed by atoms with van der Waals surface area (Å²) in [5, 5.41) is 5.02.